The fourth-order valence-electron chi connectivity index (χ4n) is 7.58. The van der Waals surface area contributed by atoms with Gasteiger partial charge in [-0.3, -0.25) is 0 Å². The molecule has 40 heavy (non-hydrogen) atoms. The zero-order valence-corrected chi connectivity index (χ0v) is 22.3. The molecule has 0 aromatic heterocycles. The highest BCUT2D eigenvalue weighted by Crippen LogP contribution is 2.64. The Balaban J connectivity index is 1.43. The minimum atomic E-state index is -0.337. The third kappa shape index (κ3) is 2.71. The monoisotopic (exact) mass is 506 g/mol. The van der Waals surface area contributed by atoms with Gasteiger partial charge in [0.15, 0.2) is 0 Å². The summed E-state index contributed by atoms with van der Waals surface area (Å²) < 4.78 is 0. The van der Waals surface area contributed by atoms with E-state index in [1.807, 2.05) is 0 Å². The van der Waals surface area contributed by atoms with Gasteiger partial charge in [-0.1, -0.05) is 127 Å². The Kier molecular flexibility index (Phi) is 4.28. The number of benzene rings is 7. The predicted octanol–water partition coefficient (Wildman–Crippen LogP) is 10.3. The number of hydrogen-bond acceptors (Lipinski definition) is 0. The molecule has 0 saturated heterocycles. The van der Waals surface area contributed by atoms with Gasteiger partial charge in [0, 0.05) is 0 Å². The fourth-order valence-corrected chi connectivity index (χ4v) is 7.58. The Hall–Kier alpha value is -4.94. The molecule has 9 rings (SSSR count). The quantitative estimate of drug-likeness (QED) is 0.208. The van der Waals surface area contributed by atoms with Crippen molar-refractivity contribution in [1.82, 2.24) is 0 Å². The zero-order valence-electron chi connectivity index (χ0n) is 22.3. The van der Waals surface area contributed by atoms with Gasteiger partial charge >= 0.3 is 0 Å². The highest BCUT2D eigenvalue weighted by atomic mass is 14.5. The molecule has 2 aliphatic rings. The largest absolute Gasteiger partial charge is 0.0725 e. The predicted molar refractivity (Wildman–Crippen MR) is 168 cm³/mol. The van der Waals surface area contributed by atoms with Crippen molar-refractivity contribution in [2.45, 2.75) is 12.3 Å². The smallest absolute Gasteiger partial charge is 0.0619 e. The number of hydrogen-bond donors (Lipinski definition) is 0. The first-order valence-corrected chi connectivity index (χ1v) is 14.1. The lowest BCUT2D eigenvalue weighted by Gasteiger charge is -2.30. The molecule has 0 unspecified atom stereocenters. The van der Waals surface area contributed by atoms with Crippen molar-refractivity contribution >= 4 is 21.5 Å². The standard InChI is InChI=1S/C40H26/c1-25-14-16-26(17-15-25)28-18-19-29-23-34-38(24-30(29)22-28)40(37-21-20-27-8-2-3-9-31(27)39(34)37)35-12-6-4-10-32(35)33-11-5-7-13-36(33)40/h2-24H,1H3. The van der Waals surface area contributed by atoms with Crippen LogP contribution in [-0.2, 0) is 5.41 Å². The van der Waals surface area contributed by atoms with Crippen LogP contribution in [0.15, 0.2) is 140 Å². The molecule has 0 atom stereocenters. The number of fused-ring (bicyclic) bond motifs is 13. The molecule has 7 aromatic rings. The summed E-state index contributed by atoms with van der Waals surface area (Å²) in [4.78, 5) is 0. The Morgan fingerprint density at radius 1 is 0.400 bits per heavy atom. The van der Waals surface area contributed by atoms with Gasteiger partial charge in [-0.05, 0) is 102 Å². The van der Waals surface area contributed by atoms with E-state index in [1.54, 1.807) is 0 Å². The molecule has 0 heterocycles. The number of rotatable bonds is 1. The third-order valence-electron chi connectivity index (χ3n) is 9.32. The normalized spacial score (nSPS) is 13.8. The second-order valence-corrected chi connectivity index (χ2v) is 11.4. The van der Waals surface area contributed by atoms with Crippen LogP contribution in [0.2, 0.25) is 0 Å². The second kappa shape index (κ2) is 7.81. The molecule has 0 heteroatoms. The summed E-state index contributed by atoms with van der Waals surface area (Å²) in [5.74, 6) is 0. The van der Waals surface area contributed by atoms with Crippen LogP contribution in [0.3, 0.4) is 0 Å². The van der Waals surface area contributed by atoms with E-state index in [4.69, 9.17) is 0 Å². The lowest BCUT2D eigenvalue weighted by molar-refractivity contribution is 0.795. The molecule has 0 saturated carbocycles. The van der Waals surface area contributed by atoms with Crippen molar-refractivity contribution in [3.05, 3.63) is 167 Å². The van der Waals surface area contributed by atoms with Crippen LogP contribution in [0.1, 0.15) is 27.8 Å². The lowest BCUT2D eigenvalue weighted by atomic mass is 9.70. The van der Waals surface area contributed by atoms with E-state index in [9.17, 15) is 0 Å². The molecule has 0 fully saturated rings. The molecular weight excluding hydrogens is 480 g/mol. The van der Waals surface area contributed by atoms with Crippen LogP contribution < -0.4 is 0 Å². The van der Waals surface area contributed by atoms with Gasteiger partial charge in [-0.2, -0.15) is 0 Å². The van der Waals surface area contributed by atoms with Gasteiger partial charge in [0.25, 0.3) is 0 Å². The minimum Gasteiger partial charge on any atom is -0.0619 e. The maximum Gasteiger partial charge on any atom is 0.0725 e. The van der Waals surface area contributed by atoms with Crippen molar-refractivity contribution in [2.24, 2.45) is 0 Å². The van der Waals surface area contributed by atoms with Crippen LogP contribution in [0, 0.1) is 6.92 Å². The van der Waals surface area contributed by atoms with Crippen LogP contribution in [0.4, 0.5) is 0 Å². The second-order valence-electron chi connectivity index (χ2n) is 11.4. The molecule has 0 bridgehead atoms. The average Bonchev–Trinajstić information content (AvgIpc) is 3.47. The van der Waals surface area contributed by atoms with Gasteiger partial charge in [-0.15, -0.1) is 0 Å². The van der Waals surface area contributed by atoms with E-state index >= 15 is 0 Å². The summed E-state index contributed by atoms with van der Waals surface area (Å²) in [5.41, 5.74) is 14.5. The first-order chi connectivity index (χ1) is 19.7. The van der Waals surface area contributed by atoms with Gasteiger partial charge in [0.2, 0.25) is 0 Å². The number of aryl methyl sites for hydroxylation is 1. The molecular formula is C40H26. The van der Waals surface area contributed by atoms with Crippen LogP contribution in [0.5, 0.6) is 0 Å². The van der Waals surface area contributed by atoms with Gasteiger partial charge in [0.05, 0.1) is 5.41 Å². The van der Waals surface area contributed by atoms with Crippen molar-refractivity contribution in [1.29, 1.82) is 0 Å². The molecule has 0 amide bonds. The molecule has 0 N–H and O–H groups in total. The Bertz CT molecular complexity index is 2120. The van der Waals surface area contributed by atoms with E-state index in [2.05, 4.69) is 146 Å². The van der Waals surface area contributed by atoms with Crippen molar-refractivity contribution < 1.29 is 0 Å². The van der Waals surface area contributed by atoms with E-state index in [-0.39, 0.29) is 5.41 Å². The first kappa shape index (κ1) is 21.9. The molecule has 0 aliphatic heterocycles. The summed E-state index contributed by atoms with van der Waals surface area (Å²) in [6.07, 6.45) is 0. The highest BCUT2D eigenvalue weighted by molar-refractivity contribution is 6.08. The molecule has 2 aliphatic carbocycles. The molecule has 1 spiro atoms. The van der Waals surface area contributed by atoms with E-state index in [0.717, 1.165) is 0 Å². The summed E-state index contributed by atoms with van der Waals surface area (Å²) in [5, 5.41) is 5.19. The first-order valence-electron chi connectivity index (χ1n) is 14.1. The maximum absolute atomic E-state index is 2.50. The highest BCUT2D eigenvalue weighted by Gasteiger charge is 2.52. The fraction of sp³-hybridized carbons (Fsp3) is 0.0500. The molecule has 7 aromatic carbocycles. The Morgan fingerprint density at radius 2 is 1.05 bits per heavy atom. The Morgan fingerprint density at radius 3 is 1.82 bits per heavy atom. The van der Waals surface area contributed by atoms with E-state index in [0.29, 0.717) is 0 Å². The zero-order chi connectivity index (χ0) is 26.4. The lowest BCUT2D eigenvalue weighted by Crippen LogP contribution is -2.25. The van der Waals surface area contributed by atoms with Crippen LogP contribution >= 0.6 is 0 Å². The van der Waals surface area contributed by atoms with Gasteiger partial charge in [0.1, 0.15) is 0 Å². The molecule has 186 valence electrons. The van der Waals surface area contributed by atoms with Crippen LogP contribution in [0.25, 0.3) is 54.9 Å². The third-order valence-corrected chi connectivity index (χ3v) is 9.32. The van der Waals surface area contributed by atoms with Crippen molar-refractivity contribution in [3.63, 3.8) is 0 Å². The maximum atomic E-state index is 2.50. The van der Waals surface area contributed by atoms with Gasteiger partial charge < -0.3 is 0 Å². The van der Waals surface area contributed by atoms with Crippen molar-refractivity contribution in [3.8, 4) is 33.4 Å². The summed E-state index contributed by atoms with van der Waals surface area (Å²) >= 11 is 0. The summed E-state index contributed by atoms with van der Waals surface area (Å²) in [6, 6.07) is 52.5. The summed E-state index contributed by atoms with van der Waals surface area (Å²) in [6.45, 7) is 2.14. The minimum absolute atomic E-state index is 0.337. The molecule has 0 nitrogen and oxygen atoms in total. The van der Waals surface area contributed by atoms with Crippen LogP contribution in [-0.4, -0.2) is 0 Å². The van der Waals surface area contributed by atoms with E-state index in [1.165, 1.54) is 82.7 Å². The average molecular weight is 507 g/mol. The summed E-state index contributed by atoms with van der Waals surface area (Å²) in [7, 11) is 0. The SMILES string of the molecule is Cc1ccc(-c2ccc3cc4c(cc3c2)C2(c3ccccc3-c3ccccc32)c2ccc3ccccc3c2-4)cc1. The van der Waals surface area contributed by atoms with Gasteiger partial charge in [-0.25, -0.2) is 0 Å². The van der Waals surface area contributed by atoms with Crippen molar-refractivity contribution in [2.75, 3.05) is 0 Å². The van der Waals surface area contributed by atoms with E-state index < -0.39 is 0 Å². The topological polar surface area (TPSA) is 0 Å². The molecule has 0 radical (unpaired) electrons. The Labute approximate surface area is 234 Å².